The average molecular weight is 969 g/mol. The maximum Gasteiger partial charge on any atom is 0.357 e. The van der Waals surface area contributed by atoms with Gasteiger partial charge in [-0.2, -0.15) is 15.6 Å². The third-order valence-corrected chi connectivity index (χ3v) is 9.81. The van der Waals surface area contributed by atoms with Crippen molar-refractivity contribution in [3.8, 4) is 12.1 Å². The number of benzodiazepines with no additional fused rings is 1. The van der Waals surface area contributed by atoms with Crippen molar-refractivity contribution >= 4 is 104 Å². The number of urea groups is 1. The summed E-state index contributed by atoms with van der Waals surface area (Å²) in [5, 5.41) is 46.5. The van der Waals surface area contributed by atoms with Crippen molar-refractivity contribution in [1.82, 2.24) is 9.78 Å². The number of aromatic nitrogens is 2. The number of aliphatic imine (C=N–C) groups is 1. The number of amides is 3. The van der Waals surface area contributed by atoms with Gasteiger partial charge in [-0.25, -0.2) is 14.6 Å². The Morgan fingerprint density at radius 3 is 1.86 bits per heavy atom. The number of nitrogens with two attached hydrogens (primary N) is 2. The van der Waals surface area contributed by atoms with Crippen LogP contribution in [0.1, 0.15) is 32.7 Å². The molecule has 6 aromatic carbocycles. The summed E-state index contributed by atoms with van der Waals surface area (Å²) in [7, 11) is 0. The Bertz CT molecular complexity index is 2910. The number of hydrogen-bond acceptors (Lipinski definition) is 8. The fourth-order valence-corrected chi connectivity index (χ4v) is 6.42. The Balaban J connectivity index is 0.000000195. The number of carboxylic acid groups (broad SMARTS) is 1. The maximum atomic E-state index is 11.8. The Kier molecular flexibility index (Phi) is 19.5. The van der Waals surface area contributed by atoms with Gasteiger partial charge in [0.25, 0.3) is 5.91 Å². The van der Waals surface area contributed by atoms with Crippen LogP contribution in [0.2, 0.25) is 25.1 Å². The van der Waals surface area contributed by atoms with Crippen LogP contribution in [-0.2, 0) is 11.3 Å². The van der Waals surface area contributed by atoms with Crippen LogP contribution in [0.4, 0.5) is 10.5 Å². The summed E-state index contributed by atoms with van der Waals surface area (Å²) in [6.45, 7) is 0.505. The van der Waals surface area contributed by atoms with Gasteiger partial charge in [0.15, 0.2) is 5.69 Å². The molecule has 1 aliphatic rings. The summed E-state index contributed by atoms with van der Waals surface area (Å²) in [6.07, 6.45) is -0.0371. The number of allylic oxidation sites excluding steroid dienone is 1. The van der Waals surface area contributed by atoms with Gasteiger partial charge >= 0.3 is 12.0 Å². The maximum absolute atomic E-state index is 11.8. The number of carbonyl (C=O) groups is 3. The lowest BCUT2D eigenvalue weighted by Crippen LogP contribution is -2.24. The molecule has 0 fully saturated rings. The molecule has 8 rings (SSSR count). The number of aliphatic hydroxyl groups excluding tert-OH is 1. The number of anilines is 1. The summed E-state index contributed by atoms with van der Waals surface area (Å²) in [6, 6.07) is 46.0. The van der Waals surface area contributed by atoms with E-state index < -0.39 is 24.1 Å². The predicted octanol–water partition coefficient (Wildman–Crippen LogP) is 10.7. The van der Waals surface area contributed by atoms with Crippen LogP contribution in [0, 0.1) is 22.7 Å². The van der Waals surface area contributed by atoms with Crippen LogP contribution in [-0.4, -0.2) is 49.8 Å². The highest BCUT2D eigenvalue weighted by Gasteiger charge is 2.25. The van der Waals surface area contributed by atoms with Crippen molar-refractivity contribution in [3.63, 3.8) is 0 Å². The zero-order valence-electron chi connectivity index (χ0n) is 33.6. The number of primary amides is 2. The number of halogens is 5. The number of hydrogen-bond donors (Lipinski definition) is 5. The molecule has 0 spiro atoms. The highest BCUT2D eigenvalue weighted by molar-refractivity contribution is 6.37. The summed E-state index contributed by atoms with van der Waals surface area (Å²) in [5.41, 5.74) is 13.3. The molecule has 0 aliphatic carbocycles. The molecular formula is C47H35Cl5N8O5. The normalized spacial score (nSPS) is 12.0. The van der Waals surface area contributed by atoms with Crippen LogP contribution in [0.25, 0.3) is 17.0 Å². The zero-order valence-corrected chi connectivity index (χ0v) is 37.4. The highest BCUT2D eigenvalue weighted by atomic mass is 35.5. The number of aromatic carboxylic acids is 1. The molecule has 7 aromatic rings. The fourth-order valence-electron chi connectivity index (χ4n) is 5.56. The van der Waals surface area contributed by atoms with Crippen LogP contribution in [0.5, 0.6) is 0 Å². The smallest absolute Gasteiger partial charge is 0.357 e. The average Bonchev–Trinajstić information content (AvgIpc) is 3.60. The van der Waals surface area contributed by atoms with Gasteiger partial charge in [0.2, 0.25) is 6.23 Å². The second-order valence-corrected chi connectivity index (χ2v) is 15.1. The zero-order chi connectivity index (χ0) is 47.5. The number of fused-ring (bicyclic) bond motifs is 2. The molecule has 2 heterocycles. The molecular weight excluding hydrogens is 934 g/mol. The quantitative estimate of drug-likeness (QED) is 0.104. The van der Waals surface area contributed by atoms with E-state index in [9.17, 15) is 19.8 Å². The van der Waals surface area contributed by atoms with Crippen molar-refractivity contribution < 1.29 is 24.6 Å². The highest BCUT2D eigenvalue weighted by Crippen LogP contribution is 2.29. The molecule has 13 nitrogen and oxygen atoms in total. The lowest BCUT2D eigenvalue weighted by atomic mass is 10.0. The molecule has 7 N–H and O–H groups in total. The first-order valence-electron chi connectivity index (χ1n) is 18.7. The minimum Gasteiger partial charge on any atom is -0.476 e. The van der Waals surface area contributed by atoms with Crippen molar-refractivity contribution in [2.24, 2.45) is 16.5 Å². The van der Waals surface area contributed by atoms with E-state index >= 15 is 0 Å². The van der Waals surface area contributed by atoms with Gasteiger partial charge in [-0.1, -0.05) is 143 Å². The molecule has 65 heavy (non-hydrogen) atoms. The number of aliphatic hydroxyl groups is 1. The van der Waals surface area contributed by atoms with Crippen LogP contribution in [0.3, 0.4) is 0 Å². The Hall–Kier alpha value is -7.20. The van der Waals surface area contributed by atoms with Crippen LogP contribution < -0.4 is 16.8 Å². The minimum absolute atomic E-state index is 0.0492. The molecule has 0 radical (unpaired) electrons. The Labute approximate surface area is 397 Å². The molecule has 1 aromatic heterocycles. The van der Waals surface area contributed by atoms with E-state index in [1.807, 2.05) is 60.7 Å². The van der Waals surface area contributed by atoms with Crippen molar-refractivity contribution in [3.05, 3.63) is 204 Å². The predicted molar refractivity (Wildman–Crippen MR) is 256 cm³/mol. The van der Waals surface area contributed by atoms with Gasteiger partial charge in [-0.3, -0.25) is 9.48 Å². The van der Waals surface area contributed by atoms with E-state index in [-0.39, 0.29) is 11.3 Å². The fraction of sp³-hybridized carbons (Fsp3) is 0.0426. The first-order chi connectivity index (χ1) is 31.1. The summed E-state index contributed by atoms with van der Waals surface area (Å²) >= 11 is 29.4. The third kappa shape index (κ3) is 15.5. The number of carbonyl (C=O) groups excluding carboxylic acids is 2. The lowest BCUT2D eigenvalue weighted by molar-refractivity contribution is -0.123. The molecule has 1 aliphatic heterocycles. The number of benzene rings is 6. The first-order valence-corrected chi connectivity index (χ1v) is 20.6. The molecule has 0 saturated heterocycles. The number of nitrogens with one attached hydrogen (secondary N) is 1. The number of rotatable bonds is 5. The van der Waals surface area contributed by atoms with E-state index in [2.05, 4.69) is 26.9 Å². The molecule has 1 atom stereocenters. The first kappa shape index (κ1) is 50.4. The molecule has 3 amide bonds. The van der Waals surface area contributed by atoms with Gasteiger partial charge in [0.05, 0.1) is 23.5 Å². The Morgan fingerprint density at radius 2 is 1.28 bits per heavy atom. The van der Waals surface area contributed by atoms with E-state index in [0.717, 1.165) is 16.1 Å². The summed E-state index contributed by atoms with van der Waals surface area (Å²) < 4.78 is 1.70. The van der Waals surface area contributed by atoms with Crippen molar-refractivity contribution in [2.75, 3.05) is 5.32 Å². The number of para-hydroxylation sites is 1. The van der Waals surface area contributed by atoms with E-state index in [4.69, 9.17) is 73.3 Å². The van der Waals surface area contributed by atoms with Gasteiger partial charge in [0, 0.05) is 41.6 Å². The van der Waals surface area contributed by atoms with Gasteiger partial charge in [-0.15, -0.1) is 0 Å². The van der Waals surface area contributed by atoms with E-state index in [0.29, 0.717) is 60.1 Å². The molecule has 18 heteroatoms. The van der Waals surface area contributed by atoms with Gasteiger partial charge in [-0.05, 0) is 77.9 Å². The lowest BCUT2D eigenvalue weighted by Gasteiger charge is -2.11. The second kappa shape index (κ2) is 25.2. The Morgan fingerprint density at radius 1 is 0.723 bits per heavy atom. The number of nitrogens with zero attached hydrogens (tertiary/aromatic N) is 5. The van der Waals surface area contributed by atoms with E-state index in [1.165, 1.54) is 6.08 Å². The second-order valence-electron chi connectivity index (χ2n) is 13.0. The molecule has 328 valence electrons. The summed E-state index contributed by atoms with van der Waals surface area (Å²) in [4.78, 5) is 36.1. The van der Waals surface area contributed by atoms with E-state index in [1.54, 1.807) is 102 Å². The third-order valence-electron chi connectivity index (χ3n) is 8.39. The molecule has 0 bridgehead atoms. The van der Waals surface area contributed by atoms with Crippen molar-refractivity contribution in [1.29, 1.82) is 10.5 Å². The topological polar surface area (TPSA) is 233 Å². The number of nitriles is 2. The van der Waals surface area contributed by atoms with Gasteiger partial charge in [0.1, 0.15) is 17.7 Å². The van der Waals surface area contributed by atoms with Gasteiger partial charge < -0.3 is 27.0 Å². The largest absolute Gasteiger partial charge is 0.476 e. The van der Waals surface area contributed by atoms with Crippen molar-refractivity contribution in [2.45, 2.75) is 12.8 Å². The monoisotopic (exact) mass is 966 g/mol. The molecule has 0 saturated carbocycles. The standard InChI is InChI=1S/C15H10Cl2N2O2.C15H11ClN2O2.C10H5ClN2.C6H5Cl.CH4N2O/c16-8-5-6-12-10(7-8)13(19-15(21)14(20)18-12)9-3-1-2-4-11(9)17;16-11-7-5-10(6-8-11)9-18-13-4-2-1-3-12(13)14(17-18)15(19)20;11-10-4-2-1-3-9(10)5-8(6-12)7-13;7-6-4-2-1-3-5-6;2-1(3)4/h1-7,15,21H,(H,18,20);1-8H,9H2,(H,19,20);1-5H;1-5H;(H4,2,3,4). The van der Waals surface area contributed by atoms with Crippen LogP contribution in [0.15, 0.2) is 156 Å². The molecule has 1 unspecified atom stereocenters. The minimum atomic E-state index is -1.50. The SMILES string of the molecule is Clc1ccccc1.N#CC(C#N)=Cc1ccccc1Cl.NC(N)=O.O=C(O)c1nn(Cc2ccc(Cl)cc2)c2ccccc12.O=C1Nc2ccc(Cl)cc2C(c2ccccc2Cl)=NC1O. The van der Waals surface area contributed by atoms with Crippen LogP contribution >= 0.6 is 58.0 Å². The number of carboxylic acids is 1. The summed E-state index contributed by atoms with van der Waals surface area (Å²) in [5.74, 6) is -1.61.